The average molecular weight is 1040 g/mol. The summed E-state index contributed by atoms with van der Waals surface area (Å²) in [4.78, 5) is 0. The molecular formula is C66H134Si4. The van der Waals surface area contributed by atoms with Crippen LogP contribution < -0.4 is 5.19 Å². The van der Waals surface area contributed by atoms with Crippen LogP contribution in [0.3, 0.4) is 0 Å². The summed E-state index contributed by atoms with van der Waals surface area (Å²) in [6, 6.07) is 17.6. The van der Waals surface area contributed by atoms with Gasteiger partial charge in [-0.25, -0.2) is 0 Å². The van der Waals surface area contributed by atoms with Crippen LogP contribution in [0.4, 0.5) is 0 Å². The standard InChI is InChI=1S/C66H134Si4/c1-10-13-16-19-22-25-28-31-34-37-40-43-46-49-52-58-63-67(4,5)70(66-61-56-55-57-62-66,68(6,7)64-59-53-50-47-44-41-38-35-32-29-26-23-20-17-14-11-2)69(8,9)65-60-54-51-48-45-42-39-36-33-30-27-24-21-18-15-12-3/h55-57,61-62H,10-54,58-60,63-65H2,1-9H3. The van der Waals surface area contributed by atoms with E-state index in [2.05, 4.69) is 90.4 Å². The third-order valence-corrected chi connectivity index (χ3v) is 90.0. The fraction of sp³-hybridized carbons (Fsp3) is 0.909. The molecule has 0 bridgehead atoms. The van der Waals surface area contributed by atoms with Gasteiger partial charge < -0.3 is 0 Å². The summed E-state index contributed by atoms with van der Waals surface area (Å²) in [6.07, 6.45) is 70.8. The first kappa shape index (κ1) is 68.1. The Morgan fingerprint density at radius 2 is 0.371 bits per heavy atom. The minimum Gasteiger partial charge on any atom is -0.0714 e. The number of unbranched alkanes of at least 4 members (excludes halogenated alkanes) is 45. The topological polar surface area (TPSA) is 0 Å². The molecule has 1 rings (SSSR count). The highest BCUT2D eigenvalue weighted by Gasteiger charge is 2.66. The Bertz CT molecular complexity index is 1090. The van der Waals surface area contributed by atoms with Gasteiger partial charge in [-0.05, 0) is 0 Å². The first-order valence-electron chi connectivity index (χ1n) is 33.1. The fourth-order valence-electron chi connectivity index (χ4n) is 14.5. The largest absolute Gasteiger partial charge is 0.0714 e. The van der Waals surface area contributed by atoms with E-state index in [0.717, 1.165) is 0 Å². The third kappa shape index (κ3) is 31.9. The van der Waals surface area contributed by atoms with Crippen LogP contribution in [0.2, 0.25) is 57.4 Å². The Morgan fingerprint density at radius 1 is 0.214 bits per heavy atom. The highest BCUT2D eigenvalue weighted by atomic mass is 29.9. The Kier molecular flexibility index (Phi) is 45.1. The third-order valence-electron chi connectivity index (χ3n) is 18.2. The zero-order valence-corrected chi connectivity index (χ0v) is 54.4. The van der Waals surface area contributed by atoms with Crippen LogP contribution in [0.5, 0.6) is 0 Å². The monoisotopic (exact) mass is 1040 g/mol. The number of hydrogen-bond acceptors (Lipinski definition) is 0. The molecule has 0 saturated carbocycles. The number of hydrogen-bond donors (Lipinski definition) is 0. The van der Waals surface area contributed by atoms with Gasteiger partial charge in [0, 0.05) is 22.8 Å². The smallest absolute Gasteiger partial charge is 0.0693 e. The van der Waals surface area contributed by atoms with Crippen molar-refractivity contribution in [3.63, 3.8) is 0 Å². The Hall–Kier alpha value is 0.0875. The fourth-order valence-corrected chi connectivity index (χ4v) is 114. The van der Waals surface area contributed by atoms with Crippen molar-refractivity contribution >= 4 is 34.6 Å². The van der Waals surface area contributed by atoms with E-state index < -0.39 is 29.4 Å². The maximum atomic E-state index is 3.00. The van der Waals surface area contributed by atoms with Crippen molar-refractivity contribution < 1.29 is 0 Å². The molecule has 0 aromatic heterocycles. The summed E-state index contributed by atoms with van der Waals surface area (Å²) < 4.78 is 0. The lowest BCUT2D eigenvalue weighted by Crippen LogP contribution is -2.90. The molecular weight excluding hydrogens is 905 g/mol. The van der Waals surface area contributed by atoms with E-state index in [0.29, 0.717) is 0 Å². The van der Waals surface area contributed by atoms with Gasteiger partial charge in [-0.1, -0.05) is 422 Å². The quantitative estimate of drug-likeness (QED) is 0.0451. The van der Waals surface area contributed by atoms with Crippen molar-refractivity contribution in [2.75, 3.05) is 0 Å². The van der Waals surface area contributed by atoms with Crippen molar-refractivity contribution in [3.8, 4) is 0 Å². The summed E-state index contributed by atoms with van der Waals surface area (Å²) in [5.41, 5.74) is 0. The molecule has 0 fully saturated rings. The SMILES string of the molecule is CCCCCCCCCCCCCCCCCC[Si](C)(C)[Si](c1ccccc1)([Si](C)(C)CCCCCCCCCCCCCCCCCC)[Si](C)(C)CCCCCCCCCCCCCCCCCC. The van der Waals surface area contributed by atoms with Crippen molar-refractivity contribution in [2.45, 2.75) is 386 Å². The summed E-state index contributed by atoms with van der Waals surface area (Å²) in [7, 11) is -4.68. The van der Waals surface area contributed by atoms with Gasteiger partial charge in [0.2, 0.25) is 0 Å². The van der Waals surface area contributed by atoms with Crippen molar-refractivity contribution in [1.82, 2.24) is 0 Å². The molecule has 0 nitrogen and oxygen atoms in total. The van der Waals surface area contributed by atoms with Gasteiger partial charge in [-0.3, -0.25) is 0 Å². The Balaban J connectivity index is 2.81. The second kappa shape index (κ2) is 46.4. The van der Waals surface area contributed by atoms with Crippen LogP contribution in [0.15, 0.2) is 30.3 Å². The van der Waals surface area contributed by atoms with Gasteiger partial charge in [0.1, 0.15) is 0 Å². The molecule has 0 saturated heterocycles. The summed E-state index contributed by atoms with van der Waals surface area (Å²) in [5, 5.41) is 1.96. The average Bonchev–Trinajstić information content (AvgIpc) is 3.33. The van der Waals surface area contributed by atoms with Gasteiger partial charge in [0.15, 0.2) is 0 Å². The van der Waals surface area contributed by atoms with Crippen LogP contribution in [-0.4, -0.2) is 29.4 Å². The first-order chi connectivity index (χ1) is 34.0. The predicted molar refractivity (Wildman–Crippen MR) is 337 cm³/mol. The lowest BCUT2D eigenvalue weighted by Gasteiger charge is -2.61. The molecule has 0 heterocycles. The van der Waals surface area contributed by atoms with E-state index >= 15 is 0 Å². The molecule has 1 aromatic carbocycles. The second-order valence-corrected chi connectivity index (χ2v) is 64.2. The van der Waals surface area contributed by atoms with Crippen molar-refractivity contribution in [3.05, 3.63) is 30.3 Å². The molecule has 0 radical (unpaired) electrons. The molecule has 0 amide bonds. The highest BCUT2D eigenvalue weighted by Crippen LogP contribution is 2.44. The maximum absolute atomic E-state index is 3.00. The van der Waals surface area contributed by atoms with Gasteiger partial charge in [-0.15, -0.1) is 0 Å². The lowest BCUT2D eigenvalue weighted by atomic mass is 10.0. The number of benzene rings is 1. The first-order valence-corrected chi connectivity index (χ1v) is 47.7. The summed E-state index contributed by atoms with van der Waals surface area (Å²) in [5.74, 6) is 0. The Morgan fingerprint density at radius 3 is 0.543 bits per heavy atom. The van der Waals surface area contributed by atoms with Gasteiger partial charge in [0.05, 0.1) is 6.63 Å². The molecule has 0 atom stereocenters. The zero-order valence-electron chi connectivity index (χ0n) is 50.4. The van der Waals surface area contributed by atoms with Gasteiger partial charge in [0.25, 0.3) is 0 Å². The molecule has 0 aliphatic rings. The minimum atomic E-state index is -1.76. The lowest BCUT2D eigenvalue weighted by molar-refractivity contribution is 0.531. The molecule has 70 heavy (non-hydrogen) atoms. The van der Waals surface area contributed by atoms with E-state index in [1.54, 1.807) is 18.1 Å². The summed E-state index contributed by atoms with van der Waals surface area (Å²) >= 11 is 0. The van der Waals surface area contributed by atoms with Crippen LogP contribution in [0.1, 0.15) is 329 Å². The van der Waals surface area contributed by atoms with Crippen LogP contribution in [0.25, 0.3) is 0 Å². The highest BCUT2D eigenvalue weighted by molar-refractivity contribution is 7.93. The zero-order chi connectivity index (χ0) is 51.2. The van der Waals surface area contributed by atoms with Crippen molar-refractivity contribution in [1.29, 1.82) is 0 Å². The molecule has 0 aliphatic heterocycles. The second-order valence-electron chi connectivity index (χ2n) is 25.9. The molecule has 1 aromatic rings. The van der Waals surface area contributed by atoms with Crippen molar-refractivity contribution in [2.24, 2.45) is 0 Å². The number of rotatable bonds is 55. The van der Waals surface area contributed by atoms with Crippen LogP contribution in [0, 0.1) is 0 Å². The van der Waals surface area contributed by atoms with Crippen LogP contribution in [-0.2, 0) is 0 Å². The van der Waals surface area contributed by atoms with E-state index in [1.807, 2.05) is 5.19 Å². The molecule has 414 valence electrons. The van der Waals surface area contributed by atoms with Gasteiger partial charge in [-0.2, -0.15) is 0 Å². The normalized spacial score (nSPS) is 12.7. The predicted octanol–water partition coefficient (Wildman–Crippen LogP) is 24.5. The maximum Gasteiger partial charge on any atom is 0.0693 e. The molecule has 0 N–H and O–H groups in total. The van der Waals surface area contributed by atoms with Crippen LogP contribution >= 0.6 is 0 Å². The molecule has 0 unspecified atom stereocenters. The van der Waals surface area contributed by atoms with E-state index in [1.165, 1.54) is 308 Å². The van der Waals surface area contributed by atoms with E-state index in [4.69, 9.17) is 0 Å². The molecule has 0 spiro atoms. The molecule has 0 aliphatic carbocycles. The molecule has 4 heteroatoms. The van der Waals surface area contributed by atoms with E-state index in [-0.39, 0.29) is 0 Å². The minimum absolute atomic E-state index is 1.37. The Labute approximate surface area is 448 Å². The summed E-state index contributed by atoms with van der Waals surface area (Å²) in [6.45, 7) is 23.2. The van der Waals surface area contributed by atoms with Gasteiger partial charge >= 0.3 is 0 Å². The van der Waals surface area contributed by atoms with E-state index in [9.17, 15) is 0 Å².